The lowest BCUT2D eigenvalue weighted by molar-refractivity contribution is 0.434. The number of fused-ring (bicyclic) bond motifs is 11. The van der Waals surface area contributed by atoms with Gasteiger partial charge in [-0.15, -0.1) is 0 Å². The summed E-state index contributed by atoms with van der Waals surface area (Å²) in [6.45, 7) is 0. The Hall–Kier alpha value is -6.42. The van der Waals surface area contributed by atoms with Crippen LogP contribution in [0, 0.1) is 0 Å². The quantitative estimate of drug-likeness (QED) is 0.134. The summed E-state index contributed by atoms with van der Waals surface area (Å²) in [5, 5.41) is 7.97. The predicted molar refractivity (Wildman–Crippen MR) is 216 cm³/mol. The molecular formula is C49H33NOSi. The van der Waals surface area contributed by atoms with Crippen LogP contribution in [-0.2, 0) is 5.41 Å². The second kappa shape index (κ2) is 11.0. The highest BCUT2D eigenvalue weighted by Crippen LogP contribution is 2.60. The van der Waals surface area contributed by atoms with Crippen molar-refractivity contribution in [3.63, 3.8) is 0 Å². The lowest BCUT2D eigenvalue weighted by Gasteiger charge is -2.45. The Labute approximate surface area is 303 Å². The molecule has 1 spiro atoms. The van der Waals surface area contributed by atoms with Gasteiger partial charge in [0.05, 0.1) is 22.1 Å². The topological polar surface area (TPSA) is 14.2 Å². The number of ether oxygens (including phenoxy) is 1. The molecule has 2 nitrogen and oxygen atoms in total. The fraction of sp³-hybridized carbons (Fsp3) is 0.0204. The van der Waals surface area contributed by atoms with Crippen LogP contribution in [-0.4, -0.2) is 12.6 Å². The SMILES string of the molecule is c1ccc([Si](c2ccccc2)(c2ccccc2)c2ccc3c(c2)-n2c4ccccc4c4cccc(c42)C32c3ccccc3Oc3ccccc32)cc1. The van der Waals surface area contributed by atoms with Crippen molar-refractivity contribution >= 4 is 50.6 Å². The zero-order valence-electron chi connectivity index (χ0n) is 28.4. The monoisotopic (exact) mass is 679 g/mol. The summed E-state index contributed by atoms with van der Waals surface area (Å²) < 4.78 is 9.27. The van der Waals surface area contributed by atoms with Gasteiger partial charge in [0.25, 0.3) is 0 Å². The molecule has 0 saturated carbocycles. The molecule has 0 atom stereocenters. The van der Waals surface area contributed by atoms with Gasteiger partial charge in [-0.25, -0.2) is 0 Å². The van der Waals surface area contributed by atoms with E-state index in [-0.39, 0.29) is 0 Å². The van der Waals surface area contributed by atoms with Crippen molar-refractivity contribution in [2.24, 2.45) is 0 Å². The summed E-state index contributed by atoms with van der Waals surface area (Å²) in [5.41, 5.74) is 7.98. The first-order valence-electron chi connectivity index (χ1n) is 18.0. The van der Waals surface area contributed by atoms with Crippen molar-refractivity contribution < 1.29 is 4.74 Å². The Balaban J connectivity index is 1.35. The first kappa shape index (κ1) is 29.3. The minimum Gasteiger partial charge on any atom is -0.457 e. The molecule has 8 aromatic carbocycles. The number of nitrogens with zero attached hydrogens (tertiary/aromatic N) is 1. The van der Waals surface area contributed by atoms with Crippen molar-refractivity contribution in [3.05, 3.63) is 222 Å². The van der Waals surface area contributed by atoms with Crippen LogP contribution < -0.4 is 25.5 Å². The molecule has 0 N–H and O–H groups in total. The molecule has 3 heterocycles. The molecule has 244 valence electrons. The highest BCUT2D eigenvalue weighted by Gasteiger charge is 2.51. The zero-order valence-corrected chi connectivity index (χ0v) is 29.4. The molecule has 3 heteroatoms. The standard InChI is InChI=1S/C49H33NOSi/c1-4-17-34(18-5-1)52(35-19-6-2-7-20-35,36-21-8-3-9-22-36)37-31-32-40-45(33-37)50-44-28-13-10-23-38(44)39-24-16-27-43(48(39)50)49(40)41-25-11-14-29-46(41)51-47-30-15-12-26-42(47)49/h1-33H. The molecule has 0 amide bonds. The summed E-state index contributed by atoms with van der Waals surface area (Å²) in [4.78, 5) is 0. The molecule has 0 saturated heterocycles. The molecule has 2 aliphatic heterocycles. The fourth-order valence-electron chi connectivity index (χ4n) is 9.62. The van der Waals surface area contributed by atoms with Crippen LogP contribution in [0.15, 0.2) is 200 Å². The first-order valence-corrected chi connectivity index (χ1v) is 20.0. The second-order valence-electron chi connectivity index (χ2n) is 14.0. The van der Waals surface area contributed by atoms with Gasteiger partial charge in [-0.3, -0.25) is 0 Å². The minimum absolute atomic E-state index is 0.598. The molecule has 9 aromatic rings. The van der Waals surface area contributed by atoms with E-state index in [9.17, 15) is 0 Å². The van der Waals surface area contributed by atoms with Crippen molar-refractivity contribution in [1.29, 1.82) is 0 Å². The van der Waals surface area contributed by atoms with Crippen molar-refractivity contribution in [2.75, 3.05) is 0 Å². The van der Waals surface area contributed by atoms with Gasteiger partial charge in [0, 0.05) is 21.9 Å². The Bertz CT molecular complexity index is 2680. The molecule has 52 heavy (non-hydrogen) atoms. The minimum atomic E-state index is -2.82. The van der Waals surface area contributed by atoms with E-state index in [2.05, 4.69) is 205 Å². The third-order valence-corrected chi connectivity index (χ3v) is 16.4. The lowest BCUT2D eigenvalue weighted by Crippen LogP contribution is -2.74. The van der Waals surface area contributed by atoms with E-state index >= 15 is 0 Å². The smallest absolute Gasteiger partial charge is 0.179 e. The van der Waals surface area contributed by atoms with Gasteiger partial charge in [0.1, 0.15) is 11.5 Å². The summed E-state index contributed by atoms with van der Waals surface area (Å²) in [5.74, 6) is 1.80. The Kier molecular flexibility index (Phi) is 6.22. The molecule has 0 fully saturated rings. The van der Waals surface area contributed by atoms with E-state index in [1.165, 1.54) is 70.5 Å². The molecule has 0 unspecified atom stereocenters. The van der Waals surface area contributed by atoms with E-state index in [1.807, 2.05) is 0 Å². The second-order valence-corrected chi connectivity index (χ2v) is 17.8. The maximum Gasteiger partial charge on any atom is 0.179 e. The largest absolute Gasteiger partial charge is 0.457 e. The summed E-state index contributed by atoms with van der Waals surface area (Å²) >= 11 is 0. The van der Waals surface area contributed by atoms with Crippen LogP contribution in [0.2, 0.25) is 0 Å². The van der Waals surface area contributed by atoms with Gasteiger partial charge in [-0.05, 0) is 56.1 Å². The number of aromatic nitrogens is 1. The van der Waals surface area contributed by atoms with Gasteiger partial charge in [0.2, 0.25) is 0 Å². The van der Waals surface area contributed by atoms with Crippen molar-refractivity contribution in [1.82, 2.24) is 4.57 Å². The van der Waals surface area contributed by atoms with Crippen LogP contribution in [0.4, 0.5) is 0 Å². The van der Waals surface area contributed by atoms with E-state index in [0.717, 1.165) is 11.5 Å². The van der Waals surface area contributed by atoms with Crippen LogP contribution in [0.25, 0.3) is 27.5 Å². The number of para-hydroxylation sites is 4. The van der Waals surface area contributed by atoms with Crippen LogP contribution >= 0.6 is 0 Å². The van der Waals surface area contributed by atoms with E-state index < -0.39 is 13.5 Å². The van der Waals surface area contributed by atoms with Crippen LogP contribution in [0.1, 0.15) is 22.3 Å². The number of benzene rings is 8. The van der Waals surface area contributed by atoms with Gasteiger partial charge in [0.15, 0.2) is 8.07 Å². The molecule has 0 radical (unpaired) electrons. The third-order valence-electron chi connectivity index (χ3n) is 11.6. The summed E-state index contributed by atoms with van der Waals surface area (Å²) in [6.07, 6.45) is 0. The van der Waals surface area contributed by atoms with E-state index in [4.69, 9.17) is 4.74 Å². The average molecular weight is 680 g/mol. The highest BCUT2D eigenvalue weighted by molar-refractivity contribution is 7.19. The Morgan fingerprint density at radius 2 is 0.885 bits per heavy atom. The molecular weight excluding hydrogens is 647 g/mol. The Morgan fingerprint density at radius 3 is 1.50 bits per heavy atom. The van der Waals surface area contributed by atoms with Gasteiger partial charge >= 0.3 is 0 Å². The van der Waals surface area contributed by atoms with Crippen molar-refractivity contribution in [3.8, 4) is 17.2 Å². The summed E-state index contributed by atoms with van der Waals surface area (Å²) in [7, 11) is -2.82. The molecule has 1 aromatic heterocycles. The van der Waals surface area contributed by atoms with Crippen LogP contribution in [0.3, 0.4) is 0 Å². The lowest BCUT2D eigenvalue weighted by atomic mass is 9.62. The predicted octanol–water partition coefficient (Wildman–Crippen LogP) is 8.96. The average Bonchev–Trinajstić information content (AvgIpc) is 3.56. The third kappa shape index (κ3) is 3.73. The number of hydrogen-bond acceptors (Lipinski definition) is 1. The maximum absolute atomic E-state index is 6.71. The first-order chi connectivity index (χ1) is 25.8. The molecule has 2 aliphatic rings. The van der Waals surface area contributed by atoms with Gasteiger partial charge < -0.3 is 9.30 Å². The highest BCUT2D eigenvalue weighted by atomic mass is 28.3. The fourth-order valence-corrected chi connectivity index (χ4v) is 14.4. The zero-order chi connectivity index (χ0) is 34.3. The number of rotatable bonds is 4. The molecule has 0 bridgehead atoms. The molecule has 0 aliphatic carbocycles. The maximum atomic E-state index is 6.71. The van der Waals surface area contributed by atoms with E-state index in [1.54, 1.807) is 0 Å². The Morgan fingerprint density at radius 1 is 0.385 bits per heavy atom. The van der Waals surface area contributed by atoms with Gasteiger partial charge in [-0.2, -0.15) is 0 Å². The van der Waals surface area contributed by atoms with Crippen molar-refractivity contribution in [2.45, 2.75) is 5.41 Å². The normalized spacial score (nSPS) is 13.7. The van der Waals surface area contributed by atoms with Crippen LogP contribution in [0.5, 0.6) is 11.5 Å². The van der Waals surface area contributed by atoms with Gasteiger partial charge in [-0.1, -0.05) is 176 Å². The molecule has 11 rings (SSSR count). The summed E-state index contributed by atoms with van der Waals surface area (Å²) in [6, 6.07) is 74.2. The van der Waals surface area contributed by atoms with E-state index in [0.29, 0.717) is 0 Å². The number of hydrogen-bond donors (Lipinski definition) is 0.